The maximum atomic E-state index is 4.86. The smallest absolute Gasteiger partial charge is 0.159 e. The Morgan fingerprint density at radius 2 is 1.50 bits per heavy atom. The standard InChI is InChI=1S/C15H23N3/c1-9(2)12-14(11(5)6)18-8-7-16-13(10(3)4)15(18)17-12/h7-11H,1-6H3. The van der Waals surface area contributed by atoms with E-state index in [2.05, 4.69) is 50.9 Å². The van der Waals surface area contributed by atoms with Crippen molar-refractivity contribution in [1.82, 2.24) is 14.4 Å². The van der Waals surface area contributed by atoms with E-state index >= 15 is 0 Å². The summed E-state index contributed by atoms with van der Waals surface area (Å²) in [6.07, 6.45) is 3.93. The highest BCUT2D eigenvalue weighted by Gasteiger charge is 2.20. The van der Waals surface area contributed by atoms with Crippen molar-refractivity contribution >= 4 is 5.65 Å². The Morgan fingerprint density at radius 3 is 2.00 bits per heavy atom. The molecule has 2 aromatic heterocycles. The number of imidazole rings is 1. The van der Waals surface area contributed by atoms with E-state index in [0.717, 1.165) is 11.3 Å². The topological polar surface area (TPSA) is 30.2 Å². The molecule has 0 radical (unpaired) electrons. The normalized spacial score (nSPS) is 12.3. The van der Waals surface area contributed by atoms with Crippen LogP contribution in [0.1, 0.15) is 76.4 Å². The molecule has 0 atom stereocenters. The van der Waals surface area contributed by atoms with Crippen LogP contribution in [0.5, 0.6) is 0 Å². The van der Waals surface area contributed by atoms with Crippen molar-refractivity contribution in [2.75, 3.05) is 0 Å². The minimum atomic E-state index is 0.399. The Kier molecular flexibility index (Phi) is 3.42. The van der Waals surface area contributed by atoms with Crippen molar-refractivity contribution in [1.29, 1.82) is 0 Å². The fraction of sp³-hybridized carbons (Fsp3) is 0.600. The minimum absolute atomic E-state index is 0.399. The molecule has 2 aromatic rings. The molecule has 0 aliphatic heterocycles. The van der Waals surface area contributed by atoms with E-state index in [1.54, 1.807) is 0 Å². The van der Waals surface area contributed by atoms with Gasteiger partial charge in [0.25, 0.3) is 0 Å². The van der Waals surface area contributed by atoms with Gasteiger partial charge in [0.2, 0.25) is 0 Å². The van der Waals surface area contributed by atoms with Crippen molar-refractivity contribution in [3.63, 3.8) is 0 Å². The van der Waals surface area contributed by atoms with Gasteiger partial charge in [-0.1, -0.05) is 41.5 Å². The summed E-state index contributed by atoms with van der Waals surface area (Å²) in [5.41, 5.74) is 4.65. The van der Waals surface area contributed by atoms with Crippen LogP contribution in [0.2, 0.25) is 0 Å². The summed E-state index contributed by atoms with van der Waals surface area (Å²) in [5.74, 6) is 1.32. The average molecular weight is 245 g/mol. The van der Waals surface area contributed by atoms with Crippen molar-refractivity contribution in [3.8, 4) is 0 Å². The maximum absolute atomic E-state index is 4.86. The van der Waals surface area contributed by atoms with Gasteiger partial charge in [-0.3, -0.25) is 4.98 Å². The maximum Gasteiger partial charge on any atom is 0.159 e. The van der Waals surface area contributed by atoms with Gasteiger partial charge in [-0.15, -0.1) is 0 Å². The van der Waals surface area contributed by atoms with E-state index in [-0.39, 0.29) is 0 Å². The molecule has 0 aromatic carbocycles. The van der Waals surface area contributed by atoms with E-state index < -0.39 is 0 Å². The molecule has 0 spiro atoms. The first-order chi connectivity index (χ1) is 8.43. The largest absolute Gasteiger partial charge is 0.300 e. The van der Waals surface area contributed by atoms with Gasteiger partial charge in [-0.05, 0) is 17.8 Å². The molecular weight excluding hydrogens is 222 g/mol. The summed E-state index contributed by atoms with van der Waals surface area (Å²) in [7, 11) is 0. The van der Waals surface area contributed by atoms with Crippen molar-refractivity contribution in [3.05, 3.63) is 29.5 Å². The third-order valence-electron chi connectivity index (χ3n) is 3.28. The summed E-state index contributed by atoms with van der Waals surface area (Å²) < 4.78 is 2.22. The second-order valence-corrected chi connectivity index (χ2v) is 5.85. The Morgan fingerprint density at radius 1 is 0.889 bits per heavy atom. The molecule has 2 rings (SSSR count). The van der Waals surface area contributed by atoms with Crippen LogP contribution in [0.3, 0.4) is 0 Å². The molecule has 0 saturated carbocycles. The van der Waals surface area contributed by atoms with Gasteiger partial charge < -0.3 is 4.40 Å². The van der Waals surface area contributed by atoms with Gasteiger partial charge in [-0.25, -0.2) is 4.98 Å². The second-order valence-electron chi connectivity index (χ2n) is 5.85. The number of fused-ring (bicyclic) bond motifs is 1. The van der Waals surface area contributed by atoms with E-state index in [4.69, 9.17) is 4.98 Å². The number of hydrogen-bond acceptors (Lipinski definition) is 2. The number of aromatic nitrogens is 3. The summed E-state index contributed by atoms with van der Waals surface area (Å²) in [6, 6.07) is 0. The first kappa shape index (κ1) is 13.1. The molecule has 3 nitrogen and oxygen atoms in total. The lowest BCUT2D eigenvalue weighted by atomic mass is 10.0. The summed E-state index contributed by atoms with van der Waals surface area (Å²) >= 11 is 0. The zero-order valence-corrected chi connectivity index (χ0v) is 12.2. The van der Waals surface area contributed by atoms with Crippen LogP contribution in [-0.2, 0) is 0 Å². The van der Waals surface area contributed by atoms with Crippen LogP contribution in [0.15, 0.2) is 12.4 Å². The average Bonchev–Trinajstić information content (AvgIpc) is 2.67. The molecule has 0 N–H and O–H groups in total. The third-order valence-corrected chi connectivity index (χ3v) is 3.28. The molecular formula is C15H23N3. The molecule has 3 heteroatoms. The zero-order chi connectivity index (χ0) is 13.4. The lowest BCUT2D eigenvalue weighted by Gasteiger charge is -2.11. The molecule has 0 unspecified atom stereocenters. The predicted molar refractivity (Wildman–Crippen MR) is 75.3 cm³/mol. The fourth-order valence-corrected chi connectivity index (χ4v) is 2.44. The van der Waals surface area contributed by atoms with Crippen LogP contribution < -0.4 is 0 Å². The van der Waals surface area contributed by atoms with Crippen LogP contribution in [0, 0.1) is 0 Å². The molecule has 2 heterocycles. The van der Waals surface area contributed by atoms with Gasteiger partial charge in [0, 0.05) is 18.1 Å². The van der Waals surface area contributed by atoms with Crippen molar-refractivity contribution in [2.24, 2.45) is 0 Å². The highest BCUT2D eigenvalue weighted by Crippen LogP contribution is 2.29. The molecule has 98 valence electrons. The molecule has 0 fully saturated rings. The lowest BCUT2D eigenvalue weighted by molar-refractivity contribution is 0.743. The van der Waals surface area contributed by atoms with Crippen LogP contribution >= 0.6 is 0 Å². The van der Waals surface area contributed by atoms with E-state index in [1.807, 2.05) is 12.4 Å². The van der Waals surface area contributed by atoms with Gasteiger partial charge in [0.05, 0.1) is 11.4 Å². The Labute approximate surface area is 109 Å². The first-order valence-electron chi connectivity index (χ1n) is 6.80. The first-order valence-corrected chi connectivity index (χ1v) is 6.80. The van der Waals surface area contributed by atoms with E-state index in [0.29, 0.717) is 17.8 Å². The van der Waals surface area contributed by atoms with Gasteiger partial charge in [-0.2, -0.15) is 0 Å². The van der Waals surface area contributed by atoms with Crippen LogP contribution in [-0.4, -0.2) is 14.4 Å². The number of rotatable bonds is 3. The van der Waals surface area contributed by atoms with Crippen molar-refractivity contribution < 1.29 is 0 Å². The monoisotopic (exact) mass is 245 g/mol. The van der Waals surface area contributed by atoms with Gasteiger partial charge in [0.15, 0.2) is 5.65 Å². The second kappa shape index (κ2) is 4.71. The Hall–Kier alpha value is -1.38. The van der Waals surface area contributed by atoms with Gasteiger partial charge in [0.1, 0.15) is 0 Å². The highest BCUT2D eigenvalue weighted by atomic mass is 15.1. The summed E-state index contributed by atoms with van der Waals surface area (Å²) in [5, 5.41) is 0. The molecule has 0 amide bonds. The van der Waals surface area contributed by atoms with E-state index in [1.165, 1.54) is 11.4 Å². The third kappa shape index (κ3) is 2.02. The predicted octanol–water partition coefficient (Wildman–Crippen LogP) is 4.10. The Bertz CT molecular complexity index is 550. The molecule has 0 aliphatic carbocycles. The van der Waals surface area contributed by atoms with Crippen molar-refractivity contribution in [2.45, 2.75) is 59.3 Å². The summed E-state index contributed by atoms with van der Waals surface area (Å²) in [4.78, 5) is 9.35. The fourth-order valence-electron chi connectivity index (χ4n) is 2.44. The lowest BCUT2D eigenvalue weighted by Crippen LogP contribution is -2.02. The zero-order valence-electron chi connectivity index (χ0n) is 12.2. The van der Waals surface area contributed by atoms with E-state index in [9.17, 15) is 0 Å². The molecule has 0 saturated heterocycles. The molecule has 18 heavy (non-hydrogen) atoms. The molecule has 0 bridgehead atoms. The number of nitrogens with zero attached hydrogens (tertiary/aromatic N) is 3. The minimum Gasteiger partial charge on any atom is -0.300 e. The van der Waals surface area contributed by atoms with Gasteiger partial charge >= 0.3 is 0 Å². The SMILES string of the molecule is CC(C)c1nc2c(C(C)C)nccn2c1C(C)C. The van der Waals surface area contributed by atoms with Crippen LogP contribution in [0.4, 0.5) is 0 Å². The highest BCUT2D eigenvalue weighted by molar-refractivity contribution is 5.50. The molecule has 0 aliphatic rings. The Balaban J connectivity index is 2.80. The number of hydrogen-bond donors (Lipinski definition) is 0. The summed E-state index contributed by atoms with van der Waals surface area (Å²) in [6.45, 7) is 13.2. The quantitative estimate of drug-likeness (QED) is 0.815. The van der Waals surface area contributed by atoms with Crippen LogP contribution in [0.25, 0.3) is 5.65 Å².